The highest BCUT2D eigenvalue weighted by Crippen LogP contribution is 2.19. The smallest absolute Gasteiger partial charge is 0.112 e. The maximum atomic E-state index is 4.43. The number of anilines is 1. The number of benzene rings is 1. The Morgan fingerprint density at radius 2 is 2.06 bits per heavy atom. The number of nitrogens with one attached hydrogen (secondary N) is 1. The predicted octanol–water partition coefficient (Wildman–Crippen LogP) is 3.68. The Hall–Kier alpha value is -1.35. The van der Waals surface area contributed by atoms with E-state index in [0.29, 0.717) is 0 Å². The van der Waals surface area contributed by atoms with Crippen LogP contribution in [0.5, 0.6) is 0 Å². The molecular weight excluding hydrogens is 216 g/mol. The molecule has 1 aromatic heterocycles. The SMILES string of the molecule is Cc1csc(CNc2cccc(C)c2C)n1. The summed E-state index contributed by atoms with van der Waals surface area (Å²) in [7, 11) is 0. The number of hydrogen-bond donors (Lipinski definition) is 1. The molecule has 0 unspecified atom stereocenters. The standard InChI is InChI=1S/C13H16N2S/c1-9-5-4-6-12(11(9)3)14-7-13-15-10(2)8-16-13/h4-6,8,14H,7H2,1-3H3. The molecule has 0 atom stereocenters. The zero-order chi connectivity index (χ0) is 11.5. The second kappa shape index (κ2) is 4.66. The van der Waals surface area contributed by atoms with Crippen molar-refractivity contribution < 1.29 is 0 Å². The van der Waals surface area contributed by atoms with Crippen molar-refractivity contribution in [1.29, 1.82) is 0 Å². The summed E-state index contributed by atoms with van der Waals surface area (Å²) in [6.45, 7) is 7.11. The molecule has 0 aliphatic rings. The fraction of sp³-hybridized carbons (Fsp3) is 0.308. The van der Waals surface area contributed by atoms with E-state index < -0.39 is 0 Å². The lowest BCUT2D eigenvalue weighted by Crippen LogP contribution is -2.01. The Labute approximate surface area is 100 Å². The van der Waals surface area contributed by atoms with E-state index in [1.54, 1.807) is 11.3 Å². The molecule has 16 heavy (non-hydrogen) atoms. The highest BCUT2D eigenvalue weighted by atomic mass is 32.1. The molecule has 2 nitrogen and oxygen atoms in total. The molecule has 0 amide bonds. The number of aromatic nitrogens is 1. The van der Waals surface area contributed by atoms with Gasteiger partial charge in [0.2, 0.25) is 0 Å². The van der Waals surface area contributed by atoms with Crippen molar-refractivity contribution in [2.24, 2.45) is 0 Å². The van der Waals surface area contributed by atoms with Gasteiger partial charge in [0.05, 0.1) is 6.54 Å². The van der Waals surface area contributed by atoms with Gasteiger partial charge in [0.25, 0.3) is 0 Å². The van der Waals surface area contributed by atoms with E-state index in [1.807, 2.05) is 6.92 Å². The van der Waals surface area contributed by atoms with Crippen LogP contribution in [-0.4, -0.2) is 4.98 Å². The van der Waals surface area contributed by atoms with Gasteiger partial charge < -0.3 is 5.32 Å². The largest absolute Gasteiger partial charge is 0.378 e. The summed E-state index contributed by atoms with van der Waals surface area (Å²) in [4.78, 5) is 4.43. The molecule has 3 heteroatoms. The fourth-order valence-electron chi connectivity index (χ4n) is 1.60. The molecule has 0 aliphatic heterocycles. The van der Waals surface area contributed by atoms with Gasteiger partial charge in [-0.15, -0.1) is 11.3 Å². The molecule has 84 valence electrons. The number of nitrogens with zero attached hydrogens (tertiary/aromatic N) is 1. The average Bonchev–Trinajstić information content (AvgIpc) is 2.67. The lowest BCUT2D eigenvalue weighted by molar-refractivity contribution is 1.07. The van der Waals surface area contributed by atoms with Gasteiger partial charge in [-0.1, -0.05) is 12.1 Å². The molecule has 1 N–H and O–H groups in total. The third kappa shape index (κ3) is 2.42. The summed E-state index contributed by atoms with van der Waals surface area (Å²) in [5, 5.41) is 6.65. The number of thiazole rings is 1. The molecule has 0 radical (unpaired) electrons. The van der Waals surface area contributed by atoms with E-state index in [9.17, 15) is 0 Å². The van der Waals surface area contributed by atoms with Crippen molar-refractivity contribution in [3.63, 3.8) is 0 Å². The van der Waals surface area contributed by atoms with Crippen molar-refractivity contribution in [1.82, 2.24) is 4.98 Å². The van der Waals surface area contributed by atoms with Crippen LogP contribution < -0.4 is 5.32 Å². The van der Waals surface area contributed by atoms with Crippen LogP contribution in [0.2, 0.25) is 0 Å². The maximum absolute atomic E-state index is 4.43. The van der Waals surface area contributed by atoms with Gasteiger partial charge >= 0.3 is 0 Å². The predicted molar refractivity (Wildman–Crippen MR) is 70.1 cm³/mol. The van der Waals surface area contributed by atoms with Crippen molar-refractivity contribution in [3.8, 4) is 0 Å². The van der Waals surface area contributed by atoms with Gasteiger partial charge in [-0.2, -0.15) is 0 Å². The first-order valence-corrected chi connectivity index (χ1v) is 6.26. The van der Waals surface area contributed by atoms with Crippen molar-refractivity contribution in [2.75, 3.05) is 5.32 Å². The minimum atomic E-state index is 0.808. The van der Waals surface area contributed by atoms with E-state index in [1.165, 1.54) is 16.8 Å². The quantitative estimate of drug-likeness (QED) is 0.873. The molecule has 0 saturated carbocycles. The molecule has 0 saturated heterocycles. The van der Waals surface area contributed by atoms with Crippen molar-refractivity contribution in [2.45, 2.75) is 27.3 Å². The summed E-state index contributed by atoms with van der Waals surface area (Å²) in [5.74, 6) is 0. The van der Waals surface area contributed by atoms with Crippen LogP contribution in [0.25, 0.3) is 0 Å². The molecule has 2 aromatic rings. The Kier molecular flexibility index (Phi) is 3.25. The van der Waals surface area contributed by atoms with Crippen LogP contribution in [0.4, 0.5) is 5.69 Å². The number of aryl methyl sites for hydroxylation is 2. The van der Waals surface area contributed by atoms with Crippen LogP contribution in [0.1, 0.15) is 21.8 Å². The highest BCUT2D eigenvalue weighted by Gasteiger charge is 2.02. The van der Waals surface area contributed by atoms with Gasteiger partial charge in [-0.3, -0.25) is 0 Å². The maximum Gasteiger partial charge on any atom is 0.112 e. The highest BCUT2D eigenvalue weighted by molar-refractivity contribution is 7.09. The average molecular weight is 232 g/mol. The second-order valence-electron chi connectivity index (χ2n) is 3.98. The van der Waals surface area contributed by atoms with E-state index in [-0.39, 0.29) is 0 Å². The first-order chi connectivity index (χ1) is 7.66. The van der Waals surface area contributed by atoms with E-state index in [4.69, 9.17) is 0 Å². The summed E-state index contributed by atoms with van der Waals surface area (Å²) < 4.78 is 0. The van der Waals surface area contributed by atoms with Crippen LogP contribution in [-0.2, 0) is 6.54 Å². The van der Waals surface area contributed by atoms with Gasteiger partial charge in [0.15, 0.2) is 0 Å². The molecule has 1 aromatic carbocycles. The van der Waals surface area contributed by atoms with Gasteiger partial charge in [0.1, 0.15) is 5.01 Å². The van der Waals surface area contributed by atoms with Crippen LogP contribution in [0.3, 0.4) is 0 Å². The minimum Gasteiger partial charge on any atom is -0.378 e. The second-order valence-corrected chi connectivity index (χ2v) is 4.93. The Morgan fingerprint density at radius 3 is 2.75 bits per heavy atom. The van der Waals surface area contributed by atoms with E-state index >= 15 is 0 Å². The third-order valence-corrected chi connectivity index (χ3v) is 3.67. The van der Waals surface area contributed by atoms with E-state index in [2.05, 4.69) is 47.7 Å². The van der Waals surface area contributed by atoms with Crippen LogP contribution >= 0.6 is 11.3 Å². The monoisotopic (exact) mass is 232 g/mol. The number of hydrogen-bond acceptors (Lipinski definition) is 3. The van der Waals surface area contributed by atoms with Crippen LogP contribution in [0, 0.1) is 20.8 Å². The topological polar surface area (TPSA) is 24.9 Å². The summed E-state index contributed by atoms with van der Waals surface area (Å²) in [5.41, 5.74) is 4.94. The number of rotatable bonds is 3. The Morgan fingerprint density at radius 1 is 1.25 bits per heavy atom. The molecule has 0 aliphatic carbocycles. The molecule has 0 spiro atoms. The van der Waals surface area contributed by atoms with Crippen molar-refractivity contribution in [3.05, 3.63) is 45.4 Å². The zero-order valence-corrected chi connectivity index (χ0v) is 10.7. The lowest BCUT2D eigenvalue weighted by atomic mass is 10.1. The van der Waals surface area contributed by atoms with Crippen LogP contribution in [0.15, 0.2) is 23.6 Å². The zero-order valence-electron chi connectivity index (χ0n) is 9.87. The fourth-order valence-corrected chi connectivity index (χ4v) is 2.31. The summed E-state index contributed by atoms with van der Waals surface area (Å²) >= 11 is 1.71. The normalized spacial score (nSPS) is 10.4. The van der Waals surface area contributed by atoms with E-state index in [0.717, 1.165) is 17.2 Å². The molecule has 2 rings (SSSR count). The molecule has 1 heterocycles. The third-order valence-electron chi connectivity index (χ3n) is 2.70. The summed E-state index contributed by atoms with van der Waals surface area (Å²) in [6.07, 6.45) is 0. The molecular formula is C13H16N2S. The van der Waals surface area contributed by atoms with Gasteiger partial charge in [-0.25, -0.2) is 4.98 Å². The molecule has 0 bridgehead atoms. The minimum absolute atomic E-state index is 0.808. The first kappa shape index (κ1) is 11.1. The Bertz CT molecular complexity index is 488. The first-order valence-electron chi connectivity index (χ1n) is 5.38. The molecule has 0 fully saturated rings. The van der Waals surface area contributed by atoms with Crippen molar-refractivity contribution >= 4 is 17.0 Å². The lowest BCUT2D eigenvalue weighted by Gasteiger charge is -2.09. The van der Waals surface area contributed by atoms with Gasteiger partial charge in [-0.05, 0) is 38.0 Å². The summed E-state index contributed by atoms with van der Waals surface area (Å²) in [6, 6.07) is 6.33. The van der Waals surface area contributed by atoms with Gasteiger partial charge in [0, 0.05) is 16.8 Å². The Balaban J connectivity index is 2.07.